The van der Waals surface area contributed by atoms with Gasteiger partial charge in [0.05, 0.1) is 10.5 Å². The smallest absolute Gasteiger partial charge is 0.269 e. The Morgan fingerprint density at radius 2 is 1.84 bits per heavy atom. The standard InChI is InChI=1S/C24H22N2O4S/c1-15-5-4-6-17(13-15)25-24(28)23-19-7-2-3-8-21(19)31-22(23)14-20(27)16-9-11-18(12-10-16)26(29)30/h4-6,9-13H,2-3,7-8,14H2,1H3,(H,25,28). The number of hydrogen-bond acceptors (Lipinski definition) is 5. The molecule has 7 heteroatoms. The molecule has 0 aliphatic heterocycles. The molecule has 0 bridgehead atoms. The maximum Gasteiger partial charge on any atom is 0.269 e. The van der Waals surface area contributed by atoms with Gasteiger partial charge in [-0.3, -0.25) is 19.7 Å². The number of Topliss-reactive ketones (excluding diaryl/α,β-unsaturated/α-hetero) is 1. The van der Waals surface area contributed by atoms with E-state index in [9.17, 15) is 19.7 Å². The van der Waals surface area contributed by atoms with E-state index in [0.717, 1.165) is 47.4 Å². The number of benzene rings is 2. The molecule has 1 N–H and O–H groups in total. The predicted molar refractivity (Wildman–Crippen MR) is 121 cm³/mol. The zero-order valence-electron chi connectivity index (χ0n) is 17.1. The number of hydrogen-bond donors (Lipinski definition) is 1. The average Bonchev–Trinajstić information content (AvgIpc) is 3.11. The van der Waals surface area contributed by atoms with Crippen molar-refractivity contribution < 1.29 is 14.5 Å². The molecular weight excluding hydrogens is 412 g/mol. The molecule has 0 unspecified atom stereocenters. The minimum atomic E-state index is -0.491. The lowest BCUT2D eigenvalue weighted by atomic mass is 9.93. The van der Waals surface area contributed by atoms with Gasteiger partial charge in [-0.05, 0) is 68.0 Å². The van der Waals surface area contributed by atoms with E-state index in [2.05, 4.69) is 5.32 Å². The molecule has 0 saturated carbocycles. The number of amides is 1. The molecule has 6 nitrogen and oxygen atoms in total. The number of carbonyl (C=O) groups is 2. The van der Waals surface area contributed by atoms with Crippen LogP contribution in [-0.4, -0.2) is 16.6 Å². The van der Waals surface area contributed by atoms with Crippen LogP contribution in [0.4, 0.5) is 11.4 Å². The maximum atomic E-state index is 13.2. The summed E-state index contributed by atoms with van der Waals surface area (Å²) in [5.41, 5.74) is 3.82. The summed E-state index contributed by atoms with van der Waals surface area (Å²) < 4.78 is 0. The molecule has 3 aromatic rings. The molecular formula is C24H22N2O4S. The number of nitro benzene ring substituents is 1. The highest BCUT2D eigenvalue weighted by molar-refractivity contribution is 7.12. The van der Waals surface area contributed by atoms with Crippen molar-refractivity contribution in [2.45, 2.75) is 39.0 Å². The van der Waals surface area contributed by atoms with Gasteiger partial charge in [0.2, 0.25) is 0 Å². The summed E-state index contributed by atoms with van der Waals surface area (Å²) >= 11 is 1.55. The van der Waals surface area contributed by atoms with Gasteiger partial charge in [-0.1, -0.05) is 12.1 Å². The largest absolute Gasteiger partial charge is 0.322 e. The number of aryl methyl sites for hydroxylation is 2. The first-order chi connectivity index (χ1) is 14.9. The van der Waals surface area contributed by atoms with E-state index in [1.54, 1.807) is 11.3 Å². The van der Waals surface area contributed by atoms with E-state index in [-0.39, 0.29) is 23.8 Å². The van der Waals surface area contributed by atoms with Crippen LogP contribution in [0.3, 0.4) is 0 Å². The second-order valence-electron chi connectivity index (χ2n) is 7.74. The molecule has 31 heavy (non-hydrogen) atoms. The SMILES string of the molecule is Cc1cccc(NC(=O)c2c(CC(=O)c3ccc([N+](=O)[O-])cc3)sc3c2CCCC3)c1. The summed E-state index contributed by atoms with van der Waals surface area (Å²) in [5.74, 6) is -0.338. The Balaban J connectivity index is 1.62. The molecule has 0 atom stereocenters. The molecule has 1 aliphatic rings. The van der Waals surface area contributed by atoms with Crippen molar-refractivity contribution in [2.24, 2.45) is 0 Å². The van der Waals surface area contributed by atoms with Gasteiger partial charge in [0.1, 0.15) is 0 Å². The van der Waals surface area contributed by atoms with Crippen molar-refractivity contribution in [1.82, 2.24) is 0 Å². The van der Waals surface area contributed by atoms with Gasteiger partial charge < -0.3 is 5.32 Å². The van der Waals surface area contributed by atoms with Crippen LogP contribution in [0, 0.1) is 17.0 Å². The molecule has 1 aromatic heterocycles. The van der Waals surface area contributed by atoms with Crippen LogP contribution in [-0.2, 0) is 19.3 Å². The third kappa shape index (κ3) is 4.56. The van der Waals surface area contributed by atoms with Crippen LogP contribution >= 0.6 is 11.3 Å². The molecule has 0 radical (unpaired) electrons. The van der Waals surface area contributed by atoms with Crippen molar-refractivity contribution >= 4 is 34.4 Å². The van der Waals surface area contributed by atoms with Crippen molar-refractivity contribution in [3.05, 3.63) is 90.7 Å². The van der Waals surface area contributed by atoms with Crippen LogP contribution in [0.15, 0.2) is 48.5 Å². The summed E-state index contributed by atoms with van der Waals surface area (Å²) in [7, 11) is 0. The zero-order chi connectivity index (χ0) is 22.0. The summed E-state index contributed by atoms with van der Waals surface area (Å²) in [6, 6.07) is 13.2. The molecule has 2 aromatic carbocycles. The number of nitrogens with zero attached hydrogens (tertiary/aromatic N) is 1. The topological polar surface area (TPSA) is 89.3 Å². The van der Waals surface area contributed by atoms with Gasteiger partial charge >= 0.3 is 0 Å². The number of nitrogens with one attached hydrogen (secondary N) is 1. The van der Waals surface area contributed by atoms with Crippen LogP contribution in [0.1, 0.15) is 54.4 Å². The van der Waals surface area contributed by atoms with Crippen molar-refractivity contribution in [3.8, 4) is 0 Å². The maximum absolute atomic E-state index is 13.2. The van der Waals surface area contributed by atoms with Gasteiger partial charge in [-0.15, -0.1) is 11.3 Å². The normalized spacial score (nSPS) is 12.8. The number of thiophene rings is 1. The number of anilines is 1. The Labute approximate surface area is 184 Å². The fraction of sp³-hybridized carbons (Fsp3) is 0.250. The Bertz CT molecular complexity index is 1160. The van der Waals surface area contributed by atoms with E-state index in [0.29, 0.717) is 11.1 Å². The number of nitro groups is 1. The zero-order valence-corrected chi connectivity index (χ0v) is 18.0. The predicted octanol–water partition coefficient (Wildman–Crippen LogP) is 5.52. The fourth-order valence-electron chi connectivity index (χ4n) is 3.94. The van der Waals surface area contributed by atoms with Crippen molar-refractivity contribution in [3.63, 3.8) is 0 Å². The van der Waals surface area contributed by atoms with Gasteiger partial charge in [0.15, 0.2) is 5.78 Å². The number of rotatable bonds is 6. The molecule has 1 amide bonds. The molecule has 0 saturated heterocycles. The first-order valence-corrected chi connectivity index (χ1v) is 11.0. The minimum Gasteiger partial charge on any atom is -0.322 e. The Morgan fingerprint density at radius 1 is 1.10 bits per heavy atom. The summed E-state index contributed by atoms with van der Waals surface area (Å²) in [4.78, 5) is 38.4. The van der Waals surface area contributed by atoms with Gasteiger partial charge in [0.25, 0.3) is 11.6 Å². The highest BCUT2D eigenvalue weighted by atomic mass is 32.1. The molecule has 1 aliphatic carbocycles. The van der Waals surface area contributed by atoms with Gasteiger partial charge in [-0.2, -0.15) is 0 Å². The molecule has 0 fully saturated rings. The number of fused-ring (bicyclic) bond motifs is 1. The lowest BCUT2D eigenvalue weighted by Gasteiger charge is -2.13. The summed E-state index contributed by atoms with van der Waals surface area (Å²) in [5, 5.41) is 13.8. The highest BCUT2D eigenvalue weighted by Crippen LogP contribution is 2.36. The average molecular weight is 435 g/mol. The summed E-state index contributed by atoms with van der Waals surface area (Å²) in [6.45, 7) is 1.97. The second-order valence-corrected chi connectivity index (χ2v) is 8.93. The van der Waals surface area contributed by atoms with Gasteiger partial charge in [-0.25, -0.2) is 0 Å². The van der Waals surface area contributed by atoms with Crippen molar-refractivity contribution in [1.29, 1.82) is 0 Å². The number of ketones is 1. The first-order valence-electron chi connectivity index (χ1n) is 10.2. The lowest BCUT2D eigenvalue weighted by Crippen LogP contribution is -2.17. The van der Waals surface area contributed by atoms with Crippen molar-refractivity contribution in [2.75, 3.05) is 5.32 Å². The number of carbonyl (C=O) groups excluding carboxylic acids is 2. The van der Waals surface area contributed by atoms with E-state index in [4.69, 9.17) is 0 Å². The Hall–Kier alpha value is -3.32. The molecule has 1 heterocycles. The summed E-state index contributed by atoms with van der Waals surface area (Å²) in [6.07, 6.45) is 3.99. The first kappa shape index (κ1) is 20.9. The second kappa shape index (κ2) is 8.81. The van der Waals surface area contributed by atoms with Crippen LogP contribution in [0.25, 0.3) is 0 Å². The van der Waals surface area contributed by atoms with Gasteiger partial charge in [0, 0.05) is 39.6 Å². The van der Waals surface area contributed by atoms with Crippen LogP contribution < -0.4 is 5.32 Å². The monoisotopic (exact) mass is 434 g/mol. The molecule has 158 valence electrons. The molecule has 0 spiro atoms. The minimum absolute atomic E-state index is 0.0543. The third-order valence-electron chi connectivity index (χ3n) is 5.47. The third-order valence-corrected chi connectivity index (χ3v) is 6.76. The Morgan fingerprint density at radius 3 is 2.55 bits per heavy atom. The lowest BCUT2D eigenvalue weighted by molar-refractivity contribution is -0.384. The van der Waals surface area contributed by atoms with Crippen LogP contribution in [0.5, 0.6) is 0 Å². The highest BCUT2D eigenvalue weighted by Gasteiger charge is 2.27. The fourth-order valence-corrected chi connectivity index (χ4v) is 5.34. The van der Waals surface area contributed by atoms with Crippen LogP contribution in [0.2, 0.25) is 0 Å². The molecule has 4 rings (SSSR count). The van der Waals surface area contributed by atoms with E-state index in [1.807, 2.05) is 31.2 Å². The van der Waals surface area contributed by atoms with E-state index >= 15 is 0 Å². The van der Waals surface area contributed by atoms with E-state index in [1.165, 1.54) is 29.1 Å². The number of non-ortho nitro benzene ring substituents is 1. The Kier molecular flexibility index (Phi) is 5.95. The quantitative estimate of drug-likeness (QED) is 0.314. The van der Waals surface area contributed by atoms with E-state index < -0.39 is 4.92 Å².